The monoisotopic (exact) mass is 338 g/mol. The third kappa shape index (κ3) is 5.22. The van der Waals surface area contributed by atoms with Gasteiger partial charge in [-0.25, -0.2) is 0 Å². The molecule has 0 aliphatic heterocycles. The lowest BCUT2D eigenvalue weighted by Crippen LogP contribution is -2.36. The summed E-state index contributed by atoms with van der Waals surface area (Å²) in [6.07, 6.45) is 2.91. The Bertz CT molecular complexity index is 542. The third-order valence-corrected chi connectivity index (χ3v) is 4.54. The first-order chi connectivity index (χ1) is 11.1. The molecule has 0 bridgehead atoms. The molecule has 2 N–H and O–H groups in total. The summed E-state index contributed by atoms with van der Waals surface area (Å²) >= 11 is 6.05. The number of hydrogen-bond acceptors (Lipinski definition) is 3. The van der Waals surface area contributed by atoms with E-state index in [2.05, 4.69) is 10.6 Å². The number of amides is 2. The van der Waals surface area contributed by atoms with Crippen LogP contribution in [0, 0.1) is 11.8 Å². The van der Waals surface area contributed by atoms with E-state index < -0.39 is 0 Å². The van der Waals surface area contributed by atoms with Crippen molar-refractivity contribution in [1.82, 2.24) is 5.32 Å². The molecule has 0 radical (unpaired) electrons. The van der Waals surface area contributed by atoms with E-state index in [4.69, 9.17) is 16.3 Å². The molecule has 0 saturated heterocycles. The SMILES string of the molecule is COCCNC(=O)C1CCC(C(=O)Nc2ccccc2Cl)CC1. The van der Waals surface area contributed by atoms with E-state index in [1.54, 1.807) is 19.2 Å². The minimum Gasteiger partial charge on any atom is -0.383 e. The van der Waals surface area contributed by atoms with Crippen molar-refractivity contribution in [3.05, 3.63) is 29.3 Å². The summed E-state index contributed by atoms with van der Waals surface area (Å²) in [7, 11) is 1.61. The van der Waals surface area contributed by atoms with Gasteiger partial charge in [-0.05, 0) is 37.8 Å². The molecule has 23 heavy (non-hydrogen) atoms. The van der Waals surface area contributed by atoms with Crippen molar-refractivity contribution in [3.8, 4) is 0 Å². The molecule has 0 spiro atoms. The fourth-order valence-electron chi connectivity index (χ4n) is 2.84. The molecule has 126 valence electrons. The van der Waals surface area contributed by atoms with Gasteiger partial charge in [0.2, 0.25) is 11.8 Å². The minimum absolute atomic E-state index is 0.00350. The molecule has 1 saturated carbocycles. The Morgan fingerprint density at radius 3 is 2.35 bits per heavy atom. The van der Waals surface area contributed by atoms with Crippen LogP contribution in [0.25, 0.3) is 0 Å². The molecule has 1 fully saturated rings. The van der Waals surface area contributed by atoms with Crippen LogP contribution in [0.15, 0.2) is 24.3 Å². The molecular formula is C17H23ClN2O3. The topological polar surface area (TPSA) is 67.4 Å². The molecule has 1 aliphatic carbocycles. The van der Waals surface area contributed by atoms with E-state index in [-0.39, 0.29) is 23.7 Å². The van der Waals surface area contributed by atoms with E-state index in [0.29, 0.717) is 23.9 Å². The largest absolute Gasteiger partial charge is 0.383 e. The Kier molecular flexibility index (Phi) is 6.86. The number of anilines is 1. The van der Waals surface area contributed by atoms with E-state index in [0.717, 1.165) is 25.7 Å². The summed E-state index contributed by atoms with van der Waals surface area (Å²) in [4.78, 5) is 24.3. The van der Waals surface area contributed by atoms with Crippen LogP contribution >= 0.6 is 11.6 Å². The summed E-state index contributed by atoms with van der Waals surface area (Å²) < 4.78 is 4.92. The summed E-state index contributed by atoms with van der Waals surface area (Å²) in [5, 5.41) is 6.27. The number of carbonyl (C=O) groups is 2. The van der Waals surface area contributed by atoms with Crippen LogP contribution in [0.3, 0.4) is 0 Å². The van der Waals surface area contributed by atoms with E-state index in [9.17, 15) is 9.59 Å². The molecule has 0 unspecified atom stereocenters. The predicted octanol–water partition coefficient (Wildman–Crippen LogP) is 2.85. The Balaban J connectivity index is 1.78. The Hall–Kier alpha value is -1.59. The second-order valence-corrected chi connectivity index (χ2v) is 6.21. The lowest BCUT2D eigenvalue weighted by molar-refractivity contribution is -0.128. The van der Waals surface area contributed by atoms with E-state index >= 15 is 0 Å². The molecule has 1 aliphatic rings. The number of nitrogens with one attached hydrogen (secondary N) is 2. The maximum Gasteiger partial charge on any atom is 0.227 e. The molecular weight excluding hydrogens is 316 g/mol. The second-order valence-electron chi connectivity index (χ2n) is 5.80. The summed E-state index contributed by atoms with van der Waals surface area (Å²) in [6.45, 7) is 1.05. The lowest BCUT2D eigenvalue weighted by Gasteiger charge is -2.27. The predicted molar refractivity (Wildman–Crippen MR) is 90.4 cm³/mol. The van der Waals surface area contributed by atoms with Gasteiger partial charge in [-0.3, -0.25) is 9.59 Å². The van der Waals surface area contributed by atoms with Crippen LogP contribution < -0.4 is 10.6 Å². The van der Waals surface area contributed by atoms with Crippen LogP contribution in [-0.2, 0) is 14.3 Å². The number of halogens is 1. The molecule has 2 rings (SSSR count). The number of para-hydroxylation sites is 1. The summed E-state index contributed by atoms with van der Waals surface area (Å²) in [5.41, 5.74) is 0.638. The van der Waals surface area contributed by atoms with Crippen molar-refractivity contribution >= 4 is 29.1 Å². The normalized spacial score (nSPS) is 20.8. The Morgan fingerprint density at radius 1 is 1.13 bits per heavy atom. The van der Waals surface area contributed by atoms with Gasteiger partial charge in [-0.2, -0.15) is 0 Å². The quantitative estimate of drug-likeness (QED) is 0.784. The molecule has 0 heterocycles. The zero-order chi connectivity index (χ0) is 16.7. The minimum atomic E-state index is -0.0608. The van der Waals surface area contributed by atoms with Crippen LogP contribution in [0.5, 0.6) is 0 Å². The van der Waals surface area contributed by atoms with Gasteiger partial charge in [0.15, 0.2) is 0 Å². The Morgan fingerprint density at radius 2 is 1.74 bits per heavy atom. The highest BCUT2D eigenvalue weighted by Gasteiger charge is 2.29. The zero-order valence-electron chi connectivity index (χ0n) is 13.3. The fraction of sp³-hybridized carbons (Fsp3) is 0.529. The van der Waals surface area contributed by atoms with Gasteiger partial charge in [0.05, 0.1) is 17.3 Å². The van der Waals surface area contributed by atoms with Crippen LogP contribution in [-0.4, -0.2) is 32.1 Å². The number of rotatable bonds is 6. The van der Waals surface area contributed by atoms with Gasteiger partial charge in [0.25, 0.3) is 0 Å². The first-order valence-corrected chi connectivity index (χ1v) is 8.31. The number of methoxy groups -OCH3 is 1. The van der Waals surface area contributed by atoms with E-state index in [1.165, 1.54) is 0 Å². The smallest absolute Gasteiger partial charge is 0.227 e. The highest BCUT2D eigenvalue weighted by atomic mass is 35.5. The van der Waals surface area contributed by atoms with Crippen molar-refractivity contribution in [2.45, 2.75) is 25.7 Å². The molecule has 0 aromatic heterocycles. The van der Waals surface area contributed by atoms with Gasteiger partial charge in [-0.1, -0.05) is 23.7 Å². The number of hydrogen-bond donors (Lipinski definition) is 2. The molecule has 5 nitrogen and oxygen atoms in total. The maximum absolute atomic E-state index is 12.3. The van der Waals surface area contributed by atoms with Crippen LogP contribution in [0.2, 0.25) is 5.02 Å². The average molecular weight is 339 g/mol. The zero-order valence-corrected chi connectivity index (χ0v) is 14.1. The van der Waals surface area contributed by atoms with Crippen LogP contribution in [0.4, 0.5) is 5.69 Å². The van der Waals surface area contributed by atoms with Crippen LogP contribution in [0.1, 0.15) is 25.7 Å². The number of carbonyl (C=O) groups excluding carboxylic acids is 2. The van der Waals surface area contributed by atoms with Gasteiger partial charge in [0, 0.05) is 25.5 Å². The third-order valence-electron chi connectivity index (χ3n) is 4.21. The fourth-order valence-corrected chi connectivity index (χ4v) is 3.02. The van der Waals surface area contributed by atoms with Gasteiger partial charge >= 0.3 is 0 Å². The standard InChI is InChI=1S/C17H23ClN2O3/c1-23-11-10-19-16(21)12-6-8-13(9-7-12)17(22)20-15-5-3-2-4-14(15)18/h2-5,12-13H,6-11H2,1H3,(H,19,21)(H,20,22). The highest BCUT2D eigenvalue weighted by Crippen LogP contribution is 2.30. The lowest BCUT2D eigenvalue weighted by atomic mass is 9.81. The van der Waals surface area contributed by atoms with Crippen molar-refractivity contribution in [3.63, 3.8) is 0 Å². The van der Waals surface area contributed by atoms with Gasteiger partial charge < -0.3 is 15.4 Å². The molecule has 1 aromatic rings. The van der Waals surface area contributed by atoms with E-state index in [1.807, 2.05) is 12.1 Å². The molecule has 0 atom stereocenters. The first kappa shape index (κ1) is 17.8. The van der Waals surface area contributed by atoms with Gasteiger partial charge in [-0.15, -0.1) is 0 Å². The molecule has 6 heteroatoms. The average Bonchev–Trinajstić information content (AvgIpc) is 2.57. The Labute approximate surface area is 141 Å². The molecule has 2 amide bonds. The van der Waals surface area contributed by atoms with Crippen molar-refractivity contribution in [1.29, 1.82) is 0 Å². The summed E-state index contributed by atoms with van der Waals surface area (Å²) in [5.74, 6) is -0.0196. The molecule has 1 aromatic carbocycles. The maximum atomic E-state index is 12.3. The van der Waals surface area contributed by atoms with Gasteiger partial charge in [0.1, 0.15) is 0 Å². The highest BCUT2D eigenvalue weighted by molar-refractivity contribution is 6.33. The number of benzene rings is 1. The first-order valence-electron chi connectivity index (χ1n) is 7.94. The van der Waals surface area contributed by atoms with Crippen molar-refractivity contribution in [2.75, 3.05) is 25.6 Å². The van der Waals surface area contributed by atoms with Crippen molar-refractivity contribution < 1.29 is 14.3 Å². The number of ether oxygens (including phenoxy) is 1. The second kappa shape index (κ2) is 8.89. The summed E-state index contributed by atoms with van der Waals surface area (Å²) in [6, 6.07) is 7.20. The van der Waals surface area contributed by atoms with Crippen molar-refractivity contribution in [2.24, 2.45) is 11.8 Å².